The molecule has 22 heavy (non-hydrogen) atoms. The third kappa shape index (κ3) is 5.51. The Morgan fingerprint density at radius 3 is 2.59 bits per heavy atom. The van der Waals surface area contributed by atoms with Crippen LogP contribution in [-0.2, 0) is 17.5 Å². The molecule has 8 heteroatoms. The zero-order valence-corrected chi connectivity index (χ0v) is 12.4. The van der Waals surface area contributed by atoms with Gasteiger partial charge in [0.15, 0.2) is 0 Å². The predicted octanol–water partition coefficient (Wildman–Crippen LogP) is 1.39. The van der Waals surface area contributed by atoms with Crippen LogP contribution in [0.25, 0.3) is 0 Å². The number of carbonyl (C=O) groups excluding carboxylic acids is 1. The fourth-order valence-electron chi connectivity index (χ4n) is 1.95. The van der Waals surface area contributed by atoms with Crippen molar-refractivity contribution in [3.63, 3.8) is 0 Å². The third-order valence-corrected chi connectivity index (χ3v) is 2.92. The molecule has 0 saturated heterocycles. The van der Waals surface area contributed by atoms with Crippen molar-refractivity contribution in [2.24, 2.45) is 5.92 Å². The molecule has 124 valence electrons. The number of alkyl halides is 3. The summed E-state index contributed by atoms with van der Waals surface area (Å²) in [5, 5.41) is 12.0. The number of nitrogens with one attached hydrogen (secondary N) is 1. The molecule has 0 aliphatic rings. The summed E-state index contributed by atoms with van der Waals surface area (Å²) in [4.78, 5) is 23.3. The highest BCUT2D eigenvalue weighted by molar-refractivity contribution is 5.75. The van der Waals surface area contributed by atoms with Crippen molar-refractivity contribution in [1.29, 1.82) is 0 Å². The van der Waals surface area contributed by atoms with Crippen molar-refractivity contribution in [3.05, 3.63) is 34.2 Å². The van der Waals surface area contributed by atoms with Crippen molar-refractivity contribution < 1.29 is 23.1 Å². The van der Waals surface area contributed by atoms with E-state index in [0.717, 1.165) is 12.3 Å². The van der Waals surface area contributed by atoms with E-state index >= 15 is 0 Å². The predicted molar refractivity (Wildman–Crippen MR) is 74.2 cm³/mol. The van der Waals surface area contributed by atoms with E-state index in [1.54, 1.807) is 0 Å². The molecule has 0 bridgehead atoms. The molecule has 1 aromatic heterocycles. The maximum Gasteiger partial charge on any atom is 0.421 e. The van der Waals surface area contributed by atoms with Gasteiger partial charge in [-0.3, -0.25) is 9.59 Å². The first-order chi connectivity index (χ1) is 10.1. The van der Waals surface area contributed by atoms with Gasteiger partial charge in [0.05, 0.1) is 6.10 Å². The zero-order valence-electron chi connectivity index (χ0n) is 12.4. The van der Waals surface area contributed by atoms with E-state index in [1.807, 2.05) is 13.8 Å². The number of pyridine rings is 1. The highest BCUT2D eigenvalue weighted by Gasteiger charge is 2.34. The molecule has 1 rings (SSSR count). The van der Waals surface area contributed by atoms with Gasteiger partial charge in [0.25, 0.3) is 5.56 Å². The van der Waals surface area contributed by atoms with Crippen LogP contribution < -0.4 is 10.9 Å². The second-order valence-corrected chi connectivity index (χ2v) is 5.44. The van der Waals surface area contributed by atoms with Gasteiger partial charge in [-0.15, -0.1) is 0 Å². The van der Waals surface area contributed by atoms with E-state index in [9.17, 15) is 27.9 Å². The molecule has 0 aromatic carbocycles. The first kappa shape index (κ1) is 18.2. The van der Waals surface area contributed by atoms with E-state index in [0.29, 0.717) is 17.1 Å². The zero-order chi connectivity index (χ0) is 16.9. The van der Waals surface area contributed by atoms with Crippen molar-refractivity contribution in [3.8, 4) is 0 Å². The van der Waals surface area contributed by atoms with Crippen LogP contribution in [0.15, 0.2) is 23.1 Å². The van der Waals surface area contributed by atoms with Gasteiger partial charge in [-0.05, 0) is 24.5 Å². The molecule has 1 unspecified atom stereocenters. The summed E-state index contributed by atoms with van der Waals surface area (Å²) in [6.07, 6.45) is -3.89. The third-order valence-electron chi connectivity index (χ3n) is 2.92. The minimum absolute atomic E-state index is 0.00920. The summed E-state index contributed by atoms with van der Waals surface area (Å²) in [5.74, 6) is -0.387. The topological polar surface area (TPSA) is 71.3 Å². The van der Waals surface area contributed by atoms with E-state index in [-0.39, 0.29) is 12.5 Å². The summed E-state index contributed by atoms with van der Waals surface area (Å²) in [6.45, 7) is 3.28. The highest BCUT2D eigenvalue weighted by Crippen LogP contribution is 2.25. The largest absolute Gasteiger partial charge is 0.421 e. The first-order valence-electron chi connectivity index (χ1n) is 6.82. The number of aliphatic hydroxyl groups excluding tert-OH is 1. The van der Waals surface area contributed by atoms with E-state index in [1.165, 1.54) is 0 Å². The van der Waals surface area contributed by atoms with Gasteiger partial charge in [0.1, 0.15) is 12.1 Å². The van der Waals surface area contributed by atoms with Crippen molar-refractivity contribution >= 4 is 5.91 Å². The minimum Gasteiger partial charge on any atom is -0.391 e. The number of halogens is 3. The molecule has 1 atom stereocenters. The highest BCUT2D eigenvalue weighted by atomic mass is 19.4. The molecular weight excluding hydrogens is 301 g/mol. The lowest BCUT2D eigenvalue weighted by Gasteiger charge is -2.14. The number of rotatable bonds is 6. The smallest absolute Gasteiger partial charge is 0.391 e. The lowest BCUT2D eigenvalue weighted by atomic mass is 10.1. The van der Waals surface area contributed by atoms with Gasteiger partial charge in [-0.1, -0.05) is 13.8 Å². The Kier molecular flexibility index (Phi) is 6.16. The normalized spacial score (nSPS) is 13.2. The minimum atomic E-state index is -4.76. The number of amides is 1. The van der Waals surface area contributed by atoms with Crippen LogP contribution >= 0.6 is 0 Å². The maximum absolute atomic E-state index is 12.6. The summed E-state index contributed by atoms with van der Waals surface area (Å²) >= 11 is 0. The molecular formula is C14H19F3N2O3. The van der Waals surface area contributed by atoms with Gasteiger partial charge < -0.3 is 15.0 Å². The quantitative estimate of drug-likeness (QED) is 0.832. The standard InChI is InChI=1S/C14H19F3N2O3/c1-9(2)6-10(20)7-18-12(21)8-19-5-3-4-11(13(19)22)14(15,16)17/h3-5,9-10,20H,6-8H2,1-2H3,(H,18,21). The molecule has 5 nitrogen and oxygen atoms in total. The van der Waals surface area contributed by atoms with Gasteiger partial charge in [0.2, 0.25) is 5.91 Å². The maximum atomic E-state index is 12.6. The van der Waals surface area contributed by atoms with Crippen LogP contribution in [0.5, 0.6) is 0 Å². The average Bonchev–Trinajstić information content (AvgIpc) is 2.36. The first-order valence-corrected chi connectivity index (χ1v) is 6.82. The Balaban J connectivity index is 2.68. The molecule has 0 radical (unpaired) electrons. The number of aromatic nitrogens is 1. The molecule has 0 aliphatic heterocycles. The fraction of sp³-hybridized carbons (Fsp3) is 0.571. The lowest BCUT2D eigenvalue weighted by molar-refractivity contribution is -0.139. The van der Waals surface area contributed by atoms with Crippen LogP contribution in [0.3, 0.4) is 0 Å². The molecule has 1 amide bonds. The Bertz CT molecular complexity index is 567. The van der Waals surface area contributed by atoms with Gasteiger partial charge in [-0.25, -0.2) is 0 Å². The average molecular weight is 320 g/mol. The summed E-state index contributed by atoms with van der Waals surface area (Å²) < 4.78 is 38.5. The monoisotopic (exact) mass is 320 g/mol. The second-order valence-electron chi connectivity index (χ2n) is 5.44. The number of carbonyl (C=O) groups is 1. The summed E-state index contributed by atoms with van der Waals surface area (Å²) in [7, 11) is 0. The van der Waals surface area contributed by atoms with Crippen molar-refractivity contribution in [1.82, 2.24) is 9.88 Å². The van der Waals surface area contributed by atoms with Gasteiger partial charge in [0, 0.05) is 12.7 Å². The molecule has 1 aromatic rings. The van der Waals surface area contributed by atoms with Crippen LogP contribution in [0.4, 0.5) is 13.2 Å². The van der Waals surface area contributed by atoms with E-state index in [2.05, 4.69) is 5.32 Å². The number of hydrogen-bond donors (Lipinski definition) is 2. The SMILES string of the molecule is CC(C)CC(O)CNC(=O)Cn1cccc(C(F)(F)F)c1=O. The van der Waals surface area contributed by atoms with Gasteiger partial charge >= 0.3 is 6.18 Å². The molecule has 0 saturated carbocycles. The van der Waals surface area contributed by atoms with E-state index < -0.39 is 35.9 Å². The van der Waals surface area contributed by atoms with Crippen LogP contribution in [0.2, 0.25) is 0 Å². The van der Waals surface area contributed by atoms with Crippen molar-refractivity contribution in [2.45, 2.75) is 39.1 Å². The number of hydrogen-bond acceptors (Lipinski definition) is 3. The number of aliphatic hydroxyl groups is 1. The van der Waals surface area contributed by atoms with Crippen LogP contribution in [0, 0.1) is 5.92 Å². The van der Waals surface area contributed by atoms with Crippen LogP contribution in [0.1, 0.15) is 25.8 Å². The Morgan fingerprint density at radius 1 is 1.41 bits per heavy atom. The molecule has 0 spiro atoms. The summed E-state index contributed by atoms with van der Waals surface area (Å²) in [5.41, 5.74) is -2.59. The second kappa shape index (κ2) is 7.44. The molecule has 0 fully saturated rings. The summed E-state index contributed by atoms with van der Waals surface area (Å²) in [6, 6.07) is 1.73. The lowest BCUT2D eigenvalue weighted by Crippen LogP contribution is -2.38. The van der Waals surface area contributed by atoms with Gasteiger partial charge in [-0.2, -0.15) is 13.2 Å². The Morgan fingerprint density at radius 2 is 2.05 bits per heavy atom. The molecule has 1 heterocycles. The van der Waals surface area contributed by atoms with Crippen LogP contribution in [-0.4, -0.2) is 28.2 Å². The molecule has 2 N–H and O–H groups in total. The Labute approximate surface area is 125 Å². The Hall–Kier alpha value is -1.83. The van der Waals surface area contributed by atoms with E-state index in [4.69, 9.17) is 0 Å². The fourth-order valence-corrected chi connectivity index (χ4v) is 1.95. The number of nitrogens with zero attached hydrogens (tertiary/aromatic N) is 1. The van der Waals surface area contributed by atoms with Crippen molar-refractivity contribution in [2.75, 3.05) is 6.54 Å². The molecule has 0 aliphatic carbocycles.